The quantitative estimate of drug-likeness (QED) is 0.553. The van der Waals surface area contributed by atoms with Crippen LogP contribution < -0.4 is 10.6 Å². The smallest absolute Gasteiger partial charge is 0.129 e. The van der Waals surface area contributed by atoms with E-state index < -0.39 is 0 Å². The van der Waals surface area contributed by atoms with E-state index in [1.165, 1.54) is 12.8 Å². The molecule has 0 radical (unpaired) electrons. The molecular formula is C14H22N4O. The van der Waals surface area contributed by atoms with Crippen LogP contribution in [0, 0.1) is 12.3 Å². The van der Waals surface area contributed by atoms with E-state index in [0.717, 1.165) is 24.4 Å². The van der Waals surface area contributed by atoms with Gasteiger partial charge in [0.05, 0.1) is 6.61 Å². The topological polar surface area (TPSA) is 86.2 Å². The average molecular weight is 262 g/mol. The molecule has 0 saturated heterocycles. The number of hydrogen-bond acceptors (Lipinski definition) is 4. The second-order valence-electron chi connectivity index (χ2n) is 5.12. The number of nitrogen functional groups attached to an aromatic ring is 1. The summed E-state index contributed by atoms with van der Waals surface area (Å²) >= 11 is 0. The number of nitrogens with one attached hydrogen (secondary N) is 1. The van der Waals surface area contributed by atoms with Crippen molar-refractivity contribution in [1.82, 2.24) is 4.98 Å². The summed E-state index contributed by atoms with van der Waals surface area (Å²) < 4.78 is 0. The van der Waals surface area contributed by atoms with Crippen molar-refractivity contribution < 1.29 is 5.11 Å². The minimum atomic E-state index is 0.0575. The van der Waals surface area contributed by atoms with Gasteiger partial charge < -0.3 is 15.7 Å². The predicted octanol–water partition coefficient (Wildman–Crippen LogP) is 1.42. The first-order chi connectivity index (χ1) is 9.11. The van der Waals surface area contributed by atoms with Crippen LogP contribution in [-0.4, -0.2) is 35.1 Å². The van der Waals surface area contributed by atoms with Gasteiger partial charge in [0.1, 0.15) is 11.7 Å². The second kappa shape index (κ2) is 6.02. The molecule has 0 unspecified atom stereocenters. The number of aromatic nitrogens is 1. The normalized spacial score (nSPS) is 15.7. The van der Waals surface area contributed by atoms with Gasteiger partial charge in [0.2, 0.25) is 0 Å². The molecule has 1 aliphatic carbocycles. The zero-order valence-electron chi connectivity index (χ0n) is 11.4. The van der Waals surface area contributed by atoms with Gasteiger partial charge in [-0.25, -0.2) is 4.98 Å². The molecule has 4 N–H and O–H groups in total. The molecule has 1 aromatic heterocycles. The Morgan fingerprint density at radius 2 is 2.16 bits per heavy atom. The first-order valence-corrected chi connectivity index (χ1v) is 6.82. The van der Waals surface area contributed by atoms with Crippen LogP contribution in [0.1, 0.15) is 36.9 Å². The lowest BCUT2D eigenvalue weighted by Crippen LogP contribution is -2.36. The number of rotatable bonds is 5. The molecule has 5 nitrogen and oxygen atoms in total. The maximum atomic E-state index is 9.27. The van der Waals surface area contributed by atoms with Crippen molar-refractivity contribution in [2.75, 3.05) is 18.1 Å². The Kier molecular flexibility index (Phi) is 4.37. The maximum Gasteiger partial charge on any atom is 0.129 e. The highest BCUT2D eigenvalue weighted by atomic mass is 16.3. The highest BCUT2D eigenvalue weighted by molar-refractivity contribution is 5.95. The predicted molar refractivity (Wildman–Crippen MR) is 76.7 cm³/mol. The van der Waals surface area contributed by atoms with E-state index in [1.54, 1.807) is 0 Å². The number of amidine groups is 1. The van der Waals surface area contributed by atoms with Gasteiger partial charge in [0.15, 0.2) is 0 Å². The molecule has 1 heterocycles. The summed E-state index contributed by atoms with van der Waals surface area (Å²) in [5.74, 6) is 0.883. The van der Waals surface area contributed by atoms with Crippen LogP contribution in [0.3, 0.4) is 0 Å². The van der Waals surface area contributed by atoms with Gasteiger partial charge in [-0.2, -0.15) is 0 Å². The fourth-order valence-electron chi connectivity index (χ4n) is 2.76. The first-order valence-electron chi connectivity index (χ1n) is 6.82. The lowest BCUT2D eigenvalue weighted by Gasteiger charge is -2.30. The lowest BCUT2D eigenvalue weighted by atomic mass is 10.1. The SMILES string of the molecule is Cc1cc(C(=N)N)cc(N(CCO)C2CCCC2)n1. The molecular weight excluding hydrogens is 240 g/mol. The van der Waals surface area contributed by atoms with Crippen molar-refractivity contribution in [2.24, 2.45) is 5.73 Å². The Morgan fingerprint density at radius 1 is 1.47 bits per heavy atom. The monoisotopic (exact) mass is 262 g/mol. The molecule has 1 aromatic rings. The molecule has 104 valence electrons. The van der Waals surface area contributed by atoms with Crippen LogP contribution in [0.25, 0.3) is 0 Å². The van der Waals surface area contributed by atoms with Gasteiger partial charge in [-0.05, 0) is 31.9 Å². The molecule has 1 saturated carbocycles. The van der Waals surface area contributed by atoms with E-state index in [9.17, 15) is 5.11 Å². The molecule has 2 rings (SSSR count). The highest BCUT2D eigenvalue weighted by Crippen LogP contribution is 2.27. The van der Waals surface area contributed by atoms with Crippen LogP contribution in [0.2, 0.25) is 0 Å². The number of aryl methyl sites for hydroxylation is 1. The van der Waals surface area contributed by atoms with E-state index in [1.807, 2.05) is 19.1 Å². The van der Waals surface area contributed by atoms with Gasteiger partial charge in [0.25, 0.3) is 0 Å². The Balaban J connectivity index is 2.32. The molecule has 0 amide bonds. The Hall–Kier alpha value is -1.62. The number of nitrogens with two attached hydrogens (primary N) is 1. The molecule has 0 spiro atoms. The van der Waals surface area contributed by atoms with Gasteiger partial charge in [-0.15, -0.1) is 0 Å². The molecule has 1 fully saturated rings. The third-order valence-corrected chi connectivity index (χ3v) is 3.65. The number of anilines is 1. The largest absolute Gasteiger partial charge is 0.395 e. The summed E-state index contributed by atoms with van der Waals surface area (Å²) in [5, 5.41) is 16.8. The second-order valence-corrected chi connectivity index (χ2v) is 5.12. The fraction of sp³-hybridized carbons (Fsp3) is 0.571. The van der Waals surface area contributed by atoms with E-state index in [2.05, 4.69) is 9.88 Å². The minimum absolute atomic E-state index is 0.0575. The Labute approximate surface area is 114 Å². The number of aliphatic hydroxyl groups is 1. The molecule has 0 bridgehead atoms. The summed E-state index contributed by atoms with van der Waals surface area (Å²) in [6.07, 6.45) is 4.76. The van der Waals surface area contributed by atoms with Crippen LogP contribution in [-0.2, 0) is 0 Å². The average Bonchev–Trinajstić information content (AvgIpc) is 2.88. The third kappa shape index (κ3) is 3.23. The van der Waals surface area contributed by atoms with Crippen molar-refractivity contribution in [3.05, 3.63) is 23.4 Å². The zero-order chi connectivity index (χ0) is 13.8. The fourth-order valence-corrected chi connectivity index (χ4v) is 2.76. The first kappa shape index (κ1) is 13.8. The van der Waals surface area contributed by atoms with Crippen LogP contribution >= 0.6 is 0 Å². The summed E-state index contributed by atoms with van der Waals surface area (Å²) in [6, 6.07) is 4.11. The molecule has 0 atom stereocenters. The number of pyridine rings is 1. The van der Waals surface area contributed by atoms with E-state index >= 15 is 0 Å². The van der Waals surface area contributed by atoms with E-state index in [-0.39, 0.29) is 12.4 Å². The van der Waals surface area contributed by atoms with Crippen LogP contribution in [0.4, 0.5) is 5.82 Å². The van der Waals surface area contributed by atoms with Gasteiger partial charge in [0, 0.05) is 23.8 Å². The van der Waals surface area contributed by atoms with Crippen molar-refractivity contribution in [2.45, 2.75) is 38.6 Å². The summed E-state index contributed by atoms with van der Waals surface area (Å²) in [5.41, 5.74) is 7.11. The van der Waals surface area contributed by atoms with E-state index in [4.69, 9.17) is 11.1 Å². The van der Waals surface area contributed by atoms with Crippen molar-refractivity contribution in [3.8, 4) is 0 Å². The third-order valence-electron chi connectivity index (χ3n) is 3.65. The van der Waals surface area contributed by atoms with Crippen LogP contribution in [0.15, 0.2) is 12.1 Å². The molecule has 1 aliphatic rings. The molecule has 0 aromatic carbocycles. The zero-order valence-corrected chi connectivity index (χ0v) is 11.4. The Bertz CT molecular complexity index is 455. The number of nitrogens with zero attached hydrogens (tertiary/aromatic N) is 2. The summed E-state index contributed by atoms with van der Waals surface area (Å²) in [4.78, 5) is 6.70. The molecule has 19 heavy (non-hydrogen) atoms. The van der Waals surface area contributed by atoms with Gasteiger partial charge >= 0.3 is 0 Å². The number of aliphatic hydroxyl groups excluding tert-OH is 1. The van der Waals surface area contributed by atoms with Gasteiger partial charge in [-0.3, -0.25) is 5.41 Å². The summed E-state index contributed by atoms with van der Waals surface area (Å²) in [7, 11) is 0. The highest BCUT2D eigenvalue weighted by Gasteiger charge is 2.23. The Morgan fingerprint density at radius 3 is 2.74 bits per heavy atom. The van der Waals surface area contributed by atoms with Crippen LogP contribution in [0.5, 0.6) is 0 Å². The molecule has 0 aliphatic heterocycles. The maximum absolute atomic E-state index is 9.27. The minimum Gasteiger partial charge on any atom is -0.395 e. The number of hydrogen-bond donors (Lipinski definition) is 3. The van der Waals surface area contributed by atoms with Gasteiger partial charge in [-0.1, -0.05) is 12.8 Å². The molecule has 5 heteroatoms. The van der Waals surface area contributed by atoms with Crippen molar-refractivity contribution in [3.63, 3.8) is 0 Å². The summed E-state index contributed by atoms with van der Waals surface area (Å²) in [6.45, 7) is 2.60. The van der Waals surface area contributed by atoms with E-state index in [0.29, 0.717) is 18.2 Å². The standard InChI is InChI=1S/C14H22N4O/c1-10-8-11(14(15)16)9-13(17-10)18(6-7-19)12-4-2-3-5-12/h8-9,12,19H,2-7H2,1H3,(H3,15,16). The van der Waals surface area contributed by atoms with Crippen molar-refractivity contribution in [1.29, 1.82) is 5.41 Å². The van der Waals surface area contributed by atoms with Crippen molar-refractivity contribution >= 4 is 11.7 Å². The lowest BCUT2D eigenvalue weighted by molar-refractivity contribution is 0.297.